The number of benzene rings is 7. The smallest absolute Gasteiger partial charge is 0.165 e. The van der Waals surface area contributed by atoms with E-state index in [9.17, 15) is 0 Å². The van der Waals surface area contributed by atoms with Gasteiger partial charge in [-0.05, 0) is 119 Å². The lowest BCUT2D eigenvalue weighted by atomic mass is 9.95. The first-order chi connectivity index (χ1) is 30.2. The Kier molecular flexibility index (Phi) is 8.65. The normalized spacial score (nSPS) is 11.7. The molecule has 0 N–H and O–H groups in total. The monoisotopic (exact) mass is 802 g/mol. The Hall–Kier alpha value is -7.84. The van der Waals surface area contributed by atoms with Gasteiger partial charge < -0.3 is 9.13 Å². The number of hydrogen-bond acceptors (Lipinski definition) is 6. The minimum absolute atomic E-state index is 0.643. The van der Waals surface area contributed by atoms with E-state index in [4.69, 9.17) is 19.9 Å². The lowest BCUT2D eigenvalue weighted by Crippen LogP contribution is -2.03. The lowest BCUT2D eigenvalue weighted by Gasteiger charge is -2.18. The second-order valence-electron chi connectivity index (χ2n) is 16.3. The highest BCUT2D eigenvalue weighted by Gasteiger charge is 2.21. The van der Waals surface area contributed by atoms with Crippen molar-refractivity contribution in [2.45, 2.75) is 41.5 Å². The molecule has 4 heterocycles. The SMILES string of the molecule is Cc1ccc2c(c1)c1ccccc1n2-c1cc(-c2nc(C)nc(C)n2)ccc1-c1cccc(-c2ccc(-n3c4ccccc4c4cc(C)ccc43)c(-c3nc(C)nc(C)n3)c2)c1. The maximum atomic E-state index is 4.94. The van der Waals surface area contributed by atoms with Gasteiger partial charge in [-0.25, -0.2) is 29.9 Å². The highest BCUT2D eigenvalue weighted by atomic mass is 15.0. The maximum Gasteiger partial charge on any atom is 0.165 e. The molecule has 0 amide bonds. The first-order valence-electron chi connectivity index (χ1n) is 21.0. The van der Waals surface area contributed by atoms with E-state index in [1.165, 1.54) is 32.7 Å². The van der Waals surface area contributed by atoms with Gasteiger partial charge in [0.25, 0.3) is 0 Å². The number of para-hydroxylation sites is 2. The molecule has 0 spiro atoms. The highest BCUT2D eigenvalue weighted by Crippen LogP contribution is 2.41. The van der Waals surface area contributed by atoms with Gasteiger partial charge in [0.15, 0.2) is 11.6 Å². The molecule has 11 aromatic rings. The Morgan fingerprint density at radius 2 is 0.806 bits per heavy atom. The molecule has 11 rings (SSSR count). The van der Waals surface area contributed by atoms with Gasteiger partial charge in [-0.15, -0.1) is 0 Å². The molecule has 0 bridgehead atoms. The van der Waals surface area contributed by atoms with Gasteiger partial charge in [0.1, 0.15) is 23.3 Å². The molecule has 8 nitrogen and oxygen atoms in total. The van der Waals surface area contributed by atoms with Crippen molar-refractivity contribution in [1.82, 2.24) is 39.0 Å². The molecule has 298 valence electrons. The molecule has 0 atom stereocenters. The van der Waals surface area contributed by atoms with E-state index in [2.05, 4.69) is 179 Å². The lowest BCUT2D eigenvalue weighted by molar-refractivity contribution is 0.926. The zero-order valence-electron chi connectivity index (χ0n) is 35.4. The van der Waals surface area contributed by atoms with E-state index in [1.807, 2.05) is 27.7 Å². The first-order valence-corrected chi connectivity index (χ1v) is 21.0. The molecule has 0 radical (unpaired) electrons. The summed E-state index contributed by atoms with van der Waals surface area (Å²) in [6, 6.07) is 52.7. The number of nitrogens with zero attached hydrogens (tertiary/aromatic N) is 8. The topological polar surface area (TPSA) is 87.2 Å². The van der Waals surface area contributed by atoms with Crippen molar-refractivity contribution in [3.05, 3.63) is 180 Å². The number of hydrogen-bond donors (Lipinski definition) is 0. The second-order valence-corrected chi connectivity index (χ2v) is 16.3. The van der Waals surface area contributed by atoms with Gasteiger partial charge >= 0.3 is 0 Å². The molecule has 0 unspecified atom stereocenters. The number of aryl methyl sites for hydroxylation is 6. The van der Waals surface area contributed by atoms with Crippen LogP contribution in [0.1, 0.15) is 34.4 Å². The predicted molar refractivity (Wildman–Crippen MR) is 252 cm³/mol. The standard InChI is InChI=1S/C54H42N8/c1-31-18-23-49-44(26-31)42-14-7-9-16-47(42)61(49)51-25-21-38(29-46(51)54-59-35(5)56-36(6)60-54)37-12-11-13-39(28-37)41-22-20-40(53-57-33(3)55-34(4)58-53)30-52(41)62-48-17-10-8-15-43(48)45-27-32(2)19-24-50(45)62/h7-30H,1-6H3. The van der Waals surface area contributed by atoms with Crippen LogP contribution in [0.2, 0.25) is 0 Å². The average molecular weight is 803 g/mol. The van der Waals surface area contributed by atoms with Crippen molar-refractivity contribution < 1.29 is 0 Å². The van der Waals surface area contributed by atoms with Crippen LogP contribution in [0.15, 0.2) is 146 Å². The van der Waals surface area contributed by atoms with E-state index in [1.54, 1.807) is 0 Å². The average Bonchev–Trinajstić information content (AvgIpc) is 3.77. The molecule has 0 aliphatic carbocycles. The fourth-order valence-electron chi connectivity index (χ4n) is 9.23. The zero-order valence-corrected chi connectivity index (χ0v) is 35.4. The third-order valence-corrected chi connectivity index (χ3v) is 11.9. The number of aromatic nitrogens is 8. The molecule has 0 aliphatic heterocycles. The molecule has 0 saturated heterocycles. The Morgan fingerprint density at radius 3 is 1.42 bits per heavy atom. The largest absolute Gasteiger partial charge is 0.309 e. The van der Waals surface area contributed by atoms with Crippen molar-refractivity contribution in [2.24, 2.45) is 0 Å². The fraction of sp³-hybridized carbons (Fsp3) is 0.111. The van der Waals surface area contributed by atoms with Crippen molar-refractivity contribution in [3.8, 4) is 56.4 Å². The maximum absolute atomic E-state index is 4.94. The van der Waals surface area contributed by atoms with Gasteiger partial charge in [-0.3, -0.25) is 0 Å². The third kappa shape index (κ3) is 6.22. The summed E-state index contributed by atoms with van der Waals surface area (Å²) in [5.74, 6) is 4.05. The molecular formula is C54H42N8. The minimum Gasteiger partial charge on any atom is -0.309 e. The van der Waals surface area contributed by atoms with Crippen molar-refractivity contribution in [2.75, 3.05) is 0 Å². The van der Waals surface area contributed by atoms with Gasteiger partial charge in [-0.2, -0.15) is 0 Å². The Labute approximate surface area is 359 Å². The summed E-state index contributed by atoms with van der Waals surface area (Å²) in [5.41, 5.74) is 15.2. The molecule has 7 aromatic carbocycles. The second kappa shape index (κ2) is 14.4. The van der Waals surface area contributed by atoms with E-state index >= 15 is 0 Å². The van der Waals surface area contributed by atoms with Crippen LogP contribution in [-0.4, -0.2) is 39.0 Å². The Morgan fingerprint density at radius 1 is 0.306 bits per heavy atom. The zero-order chi connectivity index (χ0) is 42.2. The fourth-order valence-corrected chi connectivity index (χ4v) is 9.23. The predicted octanol–water partition coefficient (Wildman–Crippen LogP) is 12.8. The Bertz CT molecular complexity index is 3570. The summed E-state index contributed by atoms with van der Waals surface area (Å²) in [5, 5.41) is 4.84. The summed E-state index contributed by atoms with van der Waals surface area (Å²) < 4.78 is 4.74. The van der Waals surface area contributed by atoms with E-state index in [-0.39, 0.29) is 0 Å². The van der Waals surface area contributed by atoms with Crippen molar-refractivity contribution in [1.29, 1.82) is 0 Å². The molecule has 8 heteroatoms. The van der Waals surface area contributed by atoms with Gasteiger partial charge in [0.05, 0.1) is 33.4 Å². The van der Waals surface area contributed by atoms with E-state index in [0.717, 1.165) is 66.8 Å². The first kappa shape index (κ1) is 37.2. The summed E-state index contributed by atoms with van der Waals surface area (Å²) >= 11 is 0. The molecule has 0 fully saturated rings. The van der Waals surface area contributed by atoms with Crippen molar-refractivity contribution in [3.63, 3.8) is 0 Å². The summed E-state index contributed by atoms with van der Waals surface area (Å²) in [7, 11) is 0. The number of fused-ring (bicyclic) bond motifs is 6. The van der Waals surface area contributed by atoms with Gasteiger partial charge in [0, 0.05) is 38.2 Å². The van der Waals surface area contributed by atoms with Crippen LogP contribution in [0.4, 0.5) is 0 Å². The van der Waals surface area contributed by atoms with Crippen LogP contribution in [0.5, 0.6) is 0 Å². The Balaban J connectivity index is 1.13. The summed E-state index contributed by atoms with van der Waals surface area (Å²) in [6.07, 6.45) is 0. The van der Waals surface area contributed by atoms with Crippen LogP contribution in [0, 0.1) is 41.5 Å². The van der Waals surface area contributed by atoms with Crippen LogP contribution in [-0.2, 0) is 0 Å². The third-order valence-electron chi connectivity index (χ3n) is 11.9. The van der Waals surface area contributed by atoms with Crippen LogP contribution >= 0.6 is 0 Å². The summed E-state index contributed by atoms with van der Waals surface area (Å²) in [4.78, 5) is 28.4. The van der Waals surface area contributed by atoms with Crippen LogP contribution in [0.3, 0.4) is 0 Å². The van der Waals surface area contributed by atoms with Gasteiger partial charge in [0.2, 0.25) is 0 Å². The quantitative estimate of drug-likeness (QED) is 0.166. The molecule has 0 aliphatic rings. The number of rotatable bonds is 6. The molecule has 62 heavy (non-hydrogen) atoms. The molecule has 0 saturated carbocycles. The molecule has 4 aromatic heterocycles. The molecular weight excluding hydrogens is 761 g/mol. The van der Waals surface area contributed by atoms with Crippen LogP contribution in [0.25, 0.3) is 100 Å². The van der Waals surface area contributed by atoms with E-state index in [0.29, 0.717) is 34.9 Å². The minimum atomic E-state index is 0.643. The highest BCUT2D eigenvalue weighted by molar-refractivity contribution is 6.11. The van der Waals surface area contributed by atoms with Gasteiger partial charge in [-0.1, -0.05) is 96.1 Å². The van der Waals surface area contributed by atoms with Crippen molar-refractivity contribution >= 4 is 43.6 Å². The summed E-state index contributed by atoms with van der Waals surface area (Å²) in [6.45, 7) is 12.0. The van der Waals surface area contributed by atoms with E-state index < -0.39 is 0 Å². The van der Waals surface area contributed by atoms with Crippen LogP contribution < -0.4 is 0 Å².